The molecule has 156 valence electrons. The Hall–Kier alpha value is -0.460. The van der Waals surface area contributed by atoms with Gasteiger partial charge in [0.1, 0.15) is 0 Å². The molecular weight excluding hydrogens is 354 g/mol. The molecule has 3 rings (SSSR count). The van der Waals surface area contributed by atoms with Crippen LogP contribution in [0.3, 0.4) is 0 Å². The van der Waals surface area contributed by atoms with E-state index in [1.54, 1.807) is 0 Å². The third-order valence-corrected chi connectivity index (χ3v) is 8.11. The van der Waals surface area contributed by atoms with Gasteiger partial charge in [-0.15, -0.1) is 0 Å². The van der Waals surface area contributed by atoms with Gasteiger partial charge in [-0.2, -0.15) is 11.8 Å². The van der Waals surface area contributed by atoms with Crippen LogP contribution in [0.5, 0.6) is 0 Å². The first-order valence-corrected chi connectivity index (χ1v) is 12.2. The Bertz CT molecular complexity index is 469. The van der Waals surface area contributed by atoms with Crippen LogP contribution in [0.25, 0.3) is 0 Å². The first-order chi connectivity index (χ1) is 13.1. The van der Waals surface area contributed by atoms with Crippen molar-refractivity contribution in [3.8, 4) is 0 Å². The summed E-state index contributed by atoms with van der Waals surface area (Å²) in [5, 5.41) is 8.29. The zero-order valence-corrected chi connectivity index (χ0v) is 18.6. The molecule has 2 N–H and O–H groups in total. The molecule has 0 aromatic heterocycles. The van der Waals surface area contributed by atoms with Crippen molar-refractivity contribution >= 4 is 17.7 Å². The fourth-order valence-corrected chi connectivity index (χ4v) is 6.24. The van der Waals surface area contributed by atoms with Gasteiger partial charge in [-0.05, 0) is 83.9 Å². The molecule has 2 heterocycles. The molecule has 0 aromatic rings. The number of thioether (sulfide) groups is 1. The van der Waals surface area contributed by atoms with E-state index in [0.717, 1.165) is 17.8 Å². The summed E-state index contributed by atoms with van der Waals surface area (Å²) in [7, 11) is 4.18. The quantitative estimate of drug-likeness (QED) is 0.535. The first-order valence-electron chi connectivity index (χ1n) is 11.2. The minimum Gasteiger partial charge on any atom is -0.355 e. The Labute approximate surface area is 171 Å². The maximum Gasteiger partial charge on any atom is 0.191 e. The van der Waals surface area contributed by atoms with E-state index in [-0.39, 0.29) is 0 Å². The number of aliphatic imine (C=N–C) groups is 1. The molecular formula is C21H41N5S. The summed E-state index contributed by atoms with van der Waals surface area (Å²) in [4.78, 5) is 9.84. The van der Waals surface area contributed by atoms with Crippen molar-refractivity contribution in [3.63, 3.8) is 0 Å². The Kier molecular flexibility index (Phi) is 8.15. The van der Waals surface area contributed by atoms with E-state index < -0.39 is 0 Å². The number of nitrogens with one attached hydrogen (secondary N) is 2. The number of guanidine groups is 1. The van der Waals surface area contributed by atoms with Gasteiger partial charge in [0.05, 0.1) is 0 Å². The first kappa shape index (κ1) is 21.3. The van der Waals surface area contributed by atoms with Crippen molar-refractivity contribution in [2.75, 3.05) is 52.6 Å². The average molecular weight is 396 g/mol. The molecule has 3 aliphatic rings. The summed E-state index contributed by atoms with van der Waals surface area (Å²) in [6.07, 6.45) is 10.6. The highest BCUT2D eigenvalue weighted by molar-refractivity contribution is 7.99. The maximum absolute atomic E-state index is 4.56. The van der Waals surface area contributed by atoms with Crippen LogP contribution in [-0.2, 0) is 0 Å². The van der Waals surface area contributed by atoms with E-state index in [0.29, 0.717) is 11.6 Å². The maximum atomic E-state index is 4.56. The standard InChI is InChI=1S/C21H41N5S/c1-4-27-19-9-8-18(16-19)24-20(22-2)23-17-21(10-14-25(3)15-11-21)26-12-6-5-7-13-26/h18-19H,4-17H2,1-3H3,(H2,22,23,24). The third kappa shape index (κ3) is 5.77. The van der Waals surface area contributed by atoms with Crippen LogP contribution in [0.1, 0.15) is 58.3 Å². The molecule has 2 atom stereocenters. The highest BCUT2D eigenvalue weighted by Crippen LogP contribution is 2.31. The minimum atomic E-state index is 0.306. The lowest BCUT2D eigenvalue weighted by atomic mass is 9.84. The summed E-state index contributed by atoms with van der Waals surface area (Å²) in [6, 6.07) is 0.587. The second-order valence-corrected chi connectivity index (χ2v) is 10.3. The van der Waals surface area contributed by atoms with Crippen LogP contribution in [0.4, 0.5) is 0 Å². The van der Waals surface area contributed by atoms with Gasteiger partial charge in [0, 0.05) is 30.4 Å². The number of piperidine rings is 2. The number of rotatable bonds is 6. The summed E-state index contributed by atoms with van der Waals surface area (Å²) in [5.74, 6) is 2.24. The zero-order valence-electron chi connectivity index (χ0n) is 17.8. The molecule has 2 aliphatic heterocycles. The van der Waals surface area contributed by atoms with Gasteiger partial charge < -0.3 is 15.5 Å². The minimum absolute atomic E-state index is 0.306. The molecule has 5 nitrogen and oxygen atoms in total. The van der Waals surface area contributed by atoms with E-state index in [4.69, 9.17) is 0 Å². The van der Waals surface area contributed by atoms with Crippen LogP contribution in [-0.4, -0.2) is 85.2 Å². The molecule has 0 aromatic carbocycles. The Balaban J connectivity index is 1.55. The largest absolute Gasteiger partial charge is 0.355 e. The highest BCUT2D eigenvalue weighted by Gasteiger charge is 2.39. The van der Waals surface area contributed by atoms with Crippen molar-refractivity contribution in [2.45, 2.75) is 75.1 Å². The van der Waals surface area contributed by atoms with Gasteiger partial charge >= 0.3 is 0 Å². The molecule has 2 unspecified atom stereocenters. The molecule has 27 heavy (non-hydrogen) atoms. The fraction of sp³-hybridized carbons (Fsp3) is 0.952. The highest BCUT2D eigenvalue weighted by atomic mass is 32.2. The number of likely N-dealkylation sites (tertiary alicyclic amines) is 2. The lowest BCUT2D eigenvalue weighted by Crippen LogP contribution is -2.62. The fourth-order valence-electron chi connectivity index (χ4n) is 5.10. The molecule has 1 aliphatic carbocycles. The van der Waals surface area contributed by atoms with E-state index in [1.807, 2.05) is 7.05 Å². The lowest BCUT2D eigenvalue weighted by Gasteiger charge is -2.50. The third-order valence-electron chi connectivity index (χ3n) is 6.88. The summed E-state index contributed by atoms with van der Waals surface area (Å²) in [5.41, 5.74) is 0.306. The van der Waals surface area contributed by atoms with Crippen molar-refractivity contribution in [3.05, 3.63) is 0 Å². The Morgan fingerprint density at radius 3 is 2.52 bits per heavy atom. The summed E-state index contributed by atoms with van der Waals surface area (Å²) >= 11 is 2.12. The Morgan fingerprint density at radius 2 is 1.85 bits per heavy atom. The lowest BCUT2D eigenvalue weighted by molar-refractivity contribution is 0.0173. The van der Waals surface area contributed by atoms with E-state index >= 15 is 0 Å². The van der Waals surface area contributed by atoms with Gasteiger partial charge in [-0.1, -0.05) is 13.3 Å². The molecule has 6 heteroatoms. The zero-order chi connectivity index (χ0) is 19.1. The van der Waals surface area contributed by atoms with Crippen LogP contribution in [0.2, 0.25) is 0 Å². The SMILES string of the molecule is CCSC1CCC(NC(=NC)NCC2(N3CCCCC3)CCN(C)CC2)C1. The van der Waals surface area contributed by atoms with Crippen LogP contribution in [0.15, 0.2) is 4.99 Å². The summed E-state index contributed by atoms with van der Waals surface area (Å²) < 4.78 is 0. The number of hydrogen-bond acceptors (Lipinski definition) is 4. The normalized spacial score (nSPS) is 30.4. The van der Waals surface area contributed by atoms with Gasteiger partial charge in [0.15, 0.2) is 5.96 Å². The molecule has 2 saturated heterocycles. The van der Waals surface area contributed by atoms with Crippen molar-refractivity contribution in [1.29, 1.82) is 0 Å². The van der Waals surface area contributed by atoms with Gasteiger partial charge in [-0.25, -0.2) is 0 Å². The molecule has 0 bridgehead atoms. The van der Waals surface area contributed by atoms with Crippen LogP contribution in [0, 0.1) is 0 Å². The number of hydrogen-bond donors (Lipinski definition) is 2. The second kappa shape index (κ2) is 10.4. The topological polar surface area (TPSA) is 42.9 Å². The van der Waals surface area contributed by atoms with Crippen molar-refractivity contribution in [1.82, 2.24) is 20.4 Å². The van der Waals surface area contributed by atoms with Crippen molar-refractivity contribution in [2.24, 2.45) is 4.99 Å². The monoisotopic (exact) mass is 395 g/mol. The van der Waals surface area contributed by atoms with Crippen molar-refractivity contribution < 1.29 is 0 Å². The average Bonchev–Trinajstić information content (AvgIpc) is 3.14. The Morgan fingerprint density at radius 1 is 1.11 bits per heavy atom. The molecule has 0 radical (unpaired) electrons. The molecule has 3 fully saturated rings. The van der Waals surface area contributed by atoms with E-state index in [9.17, 15) is 0 Å². The molecule has 0 amide bonds. The molecule has 0 spiro atoms. The number of nitrogens with zero attached hydrogens (tertiary/aromatic N) is 3. The smallest absolute Gasteiger partial charge is 0.191 e. The molecule has 1 saturated carbocycles. The predicted octanol–water partition coefficient (Wildman–Crippen LogP) is 2.78. The van der Waals surface area contributed by atoms with Crippen LogP contribution < -0.4 is 10.6 Å². The van der Waals surface area contributed by atoms with Gasteiger partial charge in [0.25, 0.3) is 0 Å². The van der Waals surface area contributed by atoms with E-state index in [1.165, 1.54) is 83.3 Å². The van der Waals surface area contributed by atoms with Gasteiger partial charge in [0.2, 0.25) is 0 Å². The van der Waals surface area contributed by atoms with Gasteiger partial charge in [-0.3, -0.25) is 9.89 Å². The van der Waals surface area contributed by atoms with Crippen LogP contribution >= 0.6 is 11.8 Å². The second-order valence-electron chi connectivity index (χ2n) is 8.73. The van der Waals surface area contributed by atoms with E-state index in [2.05, 4.69) is 51.2 Å². The summed E-state index contributed by atoms with van der Waals surface area (Å²) in [6.45, 7) is 8.27. The predicted molar refractivity (Wildman–Crippen MR) is 119 cm³/mol.